The molecule has 6 nitrogen and oxygen atoms in total. The summed E-state index contributed by atoms with van der Waals surface area (Å²) in [5, 5.41) is 3.59. The average molecular weight is 589 g/mol. The van der Waals surface area contributed by atoms with Gasteiger partial charge in [0, 0.05) is 28.0 Å². The highest BCUT2D eigenvalue weighted by atomic mass is 35.5. The molecule has 4 aromatic rings. The lowest BCUT2D eigenvalue weighted by Gasteiger charge is -2.38. The van der Waals surface area contributed by atoms with Gasteiger partial charge in [0.15, 0.2) is 11.6 Å². The molecule has 3 aliphatic heterocycles. The summed E-state index contributed by atoms with van der Waals surface area (Å²) in [6.07, 6.45) is 4.64. The number of hydrogen-bond acceptors (Lipinski definition) is 5. The molecule has 4 atom stereocenters. The van der Waals surface area contributed by atoms with E-state index in [0.717, 1.165) is 17.5 Å². The summed E-state index contributed by atoms with van der Waals surface area (Å²) < 4.78 is 5.87. The summed E-state index contributed by atoms with van der Waals surface area (Å²) in [4.78, 5) is 46.1. The van der Waals surface area contributed by atoms with Gasteiger partial charge in [-0.1, -0.05) is 73.1 Å². The molecule has 0 aromatic heterocycles. The number of hydrogen-bond donors (Lipinski definition) is 1. The number of benzene rings is 4. The van der Waals surface area contributed by atoms with Gasteiger partial charge in [-0.25, -0.2) is 0 Å². The van der Waals surface area contributed by atoms with Gasteiger partial charge < -0.3 is 15.0 Å². The largest absolute Gasteiger partial charge is 0.494 e. The van der Waals surface area contributed by atoms with Crippen molar-refractivity contribution in [3.05, 3.63) is 136 Å². The molecule has 7 heteroatoms. The summed E-state index contributed by atoms with van der Waals surface area (Å²) >= 11 is 6.18. The molecular formula is C36H29ClN2O4. The van der Waals surface area contributed by atoms with Crippen LogP contribution in [0.25, 0.3) is 6.08 Å². The predicted octanol–water partition coefficient (Wildman–Crippen LogP) is 7.11. The lowest BCUT2D eigenvalue weighted by molar-refractivity contribution is -0.122. The van der Waals surface area contributed by atoms with E-state index in [-0.39, 0.29) is 17.5 Å². The highest BCUT2D eigenvalue weighted by molar-refractivity contribution is 6.30. The maximum Gasteiger partial charge on any atom is 0.238 e. The third kappa shape index (κ3) is 4.12. The van der Waals surface area contributed by atoms with Crippen molar-refractivity contribution in [2.75, 3.05) is 11.9 Å². The summed E-state index contributed by atoms with van der Waals surface area (Å²) in [7, 11) is 0. The monoisotopic (exact) mass is 588 g/mol. The Morgan fingerprint density at radius 3 is 2.49 bits per heavy atom. The Labute approximate surface area is 254 Å². The number of para-hydroxylation sites is 1. The Morgan fingerprint density at radius 2 is 1.67 bits per heavy atom. The van der Waals surface area contributed by atoms with Gasteiger partial charge in [-0.2, -0.15) is 0 Å². The molecule has 4 aromatic carbocycles. The Bertz CT molecular complexity index is 1800. The minimum atomic E-state index is -1.39. The molecule has 43 heavy (non-hydrogen) atoms. The SMILES string of the molecule is CCCOc1cccc(C(=O)[C@@H]2[C@H](C(=O)c3ccc(Cl)cc3)N3C=Cc4ccccc4[C@@H]3[C@]23C(=O)Nc2ccccc23)c1. The van der Waals surface area contributed by atoms with Crippen LogP contribution in [-0.2, 0) is 10.2 Å². The third-order valence-corrected chi connectivity index (χ3v) is 9.09. The quantitative estimate of drug-likeness (QED) is 0.233. The van der Waals surface area contributed by atoms with E-state index in [0.29, 0.717) is 39.8 Å². The van der Waals surface area contributed by atoms with Crippen LogP contribution < -0.4 is 10.1 Å². The van der Waals surface area contributed by atoms with Gasteiger partial charge in [-0.05, 0) is 71.7 Å². The fraction of sp³-hybridized carbons (Fsp3) is 0.194. The van der Waals surface area contributed by atoms with Crippen LogP contribution in [0.4, 0.5) is 5.69 Å². The van der Waals surface area contributed by atoms with Gasteiger partial charge in [-0.15, -0.1) is 0 Å². The number of nitrogens with one attached hydrogen (secondary N) is 1. The second kappa shape index (κ2) is 10.5. The lowest BCUT2D eigenvalue weighted by atomic mass is 9.62. The number of ketones is 2. The van der Waals surface area contributed by atoms with Crippen molar-refractivity contribution in [3.8, 4) is 5.75 Å². The zero-order valence-corrected chi connectivity index (χ0v) is 24.3. The molecule has 0 radical (unpaired) electrons. The molecule has 3 aliphatic rings. The van der Waals surface area contributed by atoms with Crippen LogP contribution in [-0.4, -0.2) is 35.0 Å². The van der Waals surface area contributed by atoms with Crippen LogP contribution in [0.2, 0.25) is 5.02 Å². The Morgan fingerprint density at radius 1 is 0.907 bits per heavy atom. The van der Waals surface area contributed by atoms with Crippen molar-refractivity contribution in [1.29, 1.82) is 0 Å². The van der Waals surface area contributed by atoms with E-state index in [1.54, 1.807) is 42.5 Å². The van der Waals surface area contributed by atoms with Gasteiger partial charge in [0.2, 0.25) is 5.91 Å². The molecule has 1 saturated heterocycles. The third-order valence-electron chi connectivity index (χ3n) is 8.84. The first kappa shape index (κ1) is 27.2. The van der Waals surface area contributed by atoms with Crippen molar-refractivity contribution in [1.82, 2.24) is 4.90 Å². The van der Waals surface area contributed by atoms with E-state index in [2.05, 4.69) is 5.32 Å². The molecule has 1 N–H and O–H groups in total. The van der Waals surface area contributed by atoms with E-state index in [1.807, 2.05) is 78.7 Å². The van der Waals surface area contributed by atoms with E-state index < -0.39 is 23.4 Å². The Balaban J connectivity index is 1.49. The molecule has 0 unspecified atom stereocenters. The van der Waals surface area contributed by atoms with Gasteiger partial charge in [-0.3, -0.25) is 14.4 Å². The van der Waals surface area contributed by atoms with Crippen LogP contribution >= 0.6 is 11.6 Å². The predicted molar refractivity (Wildman–Crippen MR) is 166 cm³/mol. The number of Topliss-reactive ketones (excluding diaryl/α,β-unsaturated/α-hetero) is 2. The summed E-state index contributed by atoms with van der Waals surface area (Å²) in [5.74, 6) is -1.32. The zero-order chi connectivity index (χ0) is 29.7. The molecule has 0 saturated carbocycles. The first-order chi connectivity index (χ1) is 20.9. The van der Waals surface area contributed by atoms with E-state index in [1.165, 1.54) is 0 Å². The van der Waals surface area contributed by atoms with Gasteiger partial charge in [0.05, 0.1) is 18.6 Å². The van der Waals surface area contributed by atoms with Crippen molar-refractivity contribution in [3.63, 3.8) is 0 Å². The van der Waals surface area contributed by atoms with E-state index in [9.17, 15) is 14.4 Å². The smallest absolute Gasteiger partial charge is 0.238 e. The van der Waals surface area contributed by atoms with Crippen LogP contribution in [0, 0.1) is 5.92 Å². The molecule has 1 fully saturated rings. The summed E-state index contributed by atoms with van der Waals surface area (Å²) in [6, 6.07) is 27.5. The highest BCUT2D eigenvalue weighted by Crippen LogP contribution is 2.62. The molecule has 214 valence electrons. The number of fused-ring (bicyclic) bond motifs is 6. The first-order valence-corrected chi connectivity index (χ1v) is 14.8. The number of rotatable bonds is 7. The highest BCUT2D eigenvalue weighted by Gasteiger charge is 2.70. The standard InChI is InChI=1S/C36H29ClN2O4/c1-2-20-43-26-10-7-9-24(21-26)32(40)30-31(33(41)23-14-16-25(37)17-15-23)39-19-18-22-8-3-4-11-27(22)34(39)36(30)28-12-5-6-13-29(28)38-35(36)42/h3-19,21,30-31,34H,2,20H2,1H3,(H,38,42)/t30-,31+,34+,36+/m0/s1. The number of amides is 1. The van der Waals surface area contributed by atoms with Crippen molar-refractivity contribution >= 4 is 40.8 Å². The number of halogens is 1. The lowest BCUT2D eigenvalue weighted by Crippen LogP contribution is -2.49. The molecule has 1 amide bonds. The van der Waals surface area contributed by atoms with Crippen LogP contribution in [0.5, 0.6) is 5.75 Å². The van der Waals surface area contributed by atoms with Crippen LogP contribution in [0.15, 0.2) is 103 Å². The van der Waals surface area contributed by atoms with Crippen molar-refractivity contribution in [2.24, 2.45) is 5.92 Å². The normalized spacial score (nSPS) is 23.0. The topological polar surface area (TPSA) is 75.7 Å². The number of anilines is 1. The van der Waals surface area contributed by atoms with Crippen LogP contribution in [0.1, 0.15) is 56.8 Å². The molecule has 1 spiro atoms. The van der Waals surface area contributed by atoms with E-state index in [4.69, 9.17) is 16.3 Å². The fourth-order valence-electron chi connectivity index (χ4n) is 7.09. The number of carbonyl (C=O) groups excluding carboxylic acids is 3. The molecule has 0 bridgehead atoms. The summed E-state index contributed by atoms with van der Waals surface area (Å²) in [6.45, 7) is 2.53. The summed E-state index contributed by atoms with van der Waals surface area (Å²) in [5.41, 5.74) is 2.62. The molecular weight excluding hydrogens is 560 g/mol. The minimum Gasteiger partial charge on any atom is -0.494 e. The molecule has 0 aliphatic carbocycles. The number of carbonyl (C=O) groups is 3. The second-order valence-electron chi connectivity index (χ2n) is 11.2. The zero-order valence-electron chi connectivity index (χ0n) is 23.5. The van der Waals surface area contributed by atoms with Crippen molar-refractivity contribution < 1.29 is 19.1 Å². The average Bonchev–Trinajstić information content (AvgIpc) is 3.52. The number of nitrogens with zero attached hydrogens (tertiary/aromatic N) is 1. The fourth-order valence-corrected chi connectivity index (χ4v) is 7.22. The van der Waals surface area contributed by atoms with Gasteiger partial charge >= 0.3 is 0 Å². The van der Waals surface area contributed by atoms with E-state index >= 15 is 0 Å². The Kier molecular flexibility index (Phi) is 6.66. The van der Waals surface area contributed by atoms with Gasteiger partial charge in [0.25, 0.3) is 0 Å². The van der Waals surface area contributed by atoms with Crippen LogP contribution in [0.3, 0.4) is 0 Å². The first-order valence-electron chi connectivity index (χ1n) is 14.5. The maximum atomic E-state index is 15.0. The molecule has 3 heterocycles. The van der Waals surface area contributed by atoms with Crippen molar-refractivity contribution in [2.45, 2.75) is 30.8 Å². The Hall–Kier alpha value is -4.68. The molecule has 7 rings (SSSR count). The van der Waals surface area contributed by atoms with Gasteiger partial charge in [0.1, 0.15) is 17.2 Å². The maximum absolute atomic E-state index is 15.0. The number of ether oxygens (including phenoxy) is 1. The minimum absolute atomic E-state index is 0.253. The second-order valence-corrected chi connectivity index (χ2v) is 11.6.